The van der Waals surface area contributed by atoms with Crippen molar-refractivity contribution in [3.05, 3.63) is 74.9 Å². The Bertz CT molecular complexity index is 887. The van der Waals surface area contributed by atoms with E-state index < -0.39 is 0 Å². The van der Waals surface area contributed by atoms with E-state index in [1.165, 1.54) is 0 Å². The Morgan fingerprint density at radius 3 is 2.48 bits per heavy atom. The smallest absolute Gasteiger partial charge is 0.309 e. The van der Waals surface area contributed by atoms with Crippen molar-refractivity contribution in [1.82, 2.24) is 0 Å². The molecule has 0 heterocycles. The van der Waals surface area contributed by atoms with Crippen LogP contribution in [0.5, 0.6) is 5.75 Å². The van der Waals surface area contributed by atoms with E-state index in [1.807, 2.05) is 12.1 Å². The number of phenols is 1. The van der Waals surface area contributed by atoms with Crippen LogP contribution < -0.4 is 0 Å². The average molecular weight is 406 g/mol. The standard InChI is InChI=1S/C21H21Cl2NO3/c1-4-27-19(25)9-13(2)12-24-20(15-5-7-16(22)8-6-15)18-11-17(23)10-14(3)21(18)26/h5-8,10-12,26H,4,9H2,1-3H3. The number of carbonyl (C=O) groups excluding carboxylic acids is 1. The number of halogens is 2. The molecule has 0 saturated heterocycles. The van der Waals surface area contributed by atoms with Crippen LogP contribution in [0.15, 0.2) is 53.2 Å². The molecular formula is C21H21Cl2NO3. The lowest BCUT2D eigenvalue weighted by atomic mass is 9.99. The predicted octanol–water partition coefficient (Wildman–Crippen LogP) is 5.70. The van der Waals surface area contributed by atoms with Gasteiger partial charge < -0.3 is 9.84 Å². The molecule has 0 radical (unpaired) electrons. The van der Waals surface area contributed by atoms with E-state index in [0.29, 0.717) is 33.5 Å². The molecular weight excluding hydrogens is 385 g/mol. The van der Waals surface area contributed by atoms with Gasteiger partial charge in [0, 0.05) is 27.4 Å². The highest BCUT2D eigenvalue weighted by atomic mass is 35.5. The number of hydrogen-bond donors (Lipinski definition) is 1. The molecule has 0 aliphatic heterocycles. The Balaban J connectivity index is 2.51. The number of aromatic hydroxyl groups is 1. The lowest BCUT2D eigenvalue weighted by Gasteiger charge is -2.12. The average Bonchev–Trinajstić information content (AvgIpc) is 2.60. The highest BCUT2D eigenvalue weighted by molar-refractivity contribution is 6.32. The molecule has 2 aromatic rings. The first-order valence-electron chi connectivity index (χ1n) is 8.46. The maximum absolute atomic E-state index is 11.6. The molecule has 0 spiro atoms. The lowest BCUT2D eigenvalue weighted by molar-refractivity contribution is -0.142. The topological polar surface area (TPSA) is 58.9 Å². The van der Waals surface area contributed by atoms with E-state index in [9.17, 15) is 9.90 Å². The largest absolute Gasteiger partial charge is 0.507 e. The number of aliphatic imine (C=N–C) groups is 1. The summed E-state index contributed by atoms with van der Waals surface area (Å²) in [6, 6.07) is 10.5. The normalized spacial score (nSPS) is 12.2. The predicted molar refractivity (Wildman–Crippen MR) is 110 cm³/mol. The van der Waals surface area contributed by atoms with Crippen LogP contribution >= 0.6 is 23.2 Å². The number of esters is 1. The van der Waals surface area contributed by atoms with E-state index in [2.05, 4.69) is 4.99 Å². The molecule has 0 amide bonds. The number of hydrogen-bond acceptors (Lipinski definition) is 4. The van der Waals surface area contributed by atoms with Crippen molar-refractivity contribution in [3.8, 4) is 5.75 Å². The molecule has 4 nitrogen and oxygen atoms in total. The quantitative estimate of drug-likeness (QED) is 0.494. The molecule has 2 rings (SSSR count). The molecule has 0 aromatic heterocycles. The summed E-state index contributed by atoms with van der Waals surface area (Å²) in [4.78, 5) is 16.2. The molecule has 2 aromatic carbocycles. The third-order valence-electron chi connectivity index (χ3n) is 3.78. The molecule has 0 saturated carbocycles. The van der Waals surface area contributed by atoms with Gasteiger partial charge >= 0.3 is 5.97 Å². The van der Waals surface area contributed by atoms with E-state index in [-0.39, 0.29) is 18.1 Å². The molecule has 0 aliphatic rings. The summed E-state index contributed by atoms with van der Waals surface area (Å²) < 4.78 is 4.95. The molecule has 6 heteroatoms. The highest BCUT2D eigenvalue weighted by Crippen LogP contribution is 2.29. The zero-order chi connectivity index (χ0) is 20.0. The van der Waals surface area contributed by atoms with Crippen molar-refractivity contribution in [3.63, 3.8) is 0 Å². The third-order valence-corrected chi connectivity index (χ3v) is 4.25. The number of ether oxygens (including phenoxy) is 1. The van der Waals surface area contributed by atoms with Crippen molar-refractivity contribution >= 4 is 34.9 Å². The minimum Gasteiger partial charge on any atom is -0.507 e. The first-order chi connectivity index (χ1) is 12.8. The van der Waals surface area contributed by atoms with Crippen LogP contribution in [0, 0.1) is 6.92 Å². The second kappa shape index (κ2) is 9.58. The van der Waals surface area contributed by atoms with Crippen LogP contribution in [0.2, 0.25) is 10.0 Å². The van der Waals surface area contributed by atoms with Crippen LogP contribution in [0.3, 0.4) is 0 Å². The fraction of sp³-hybridized carbons (Fsp3) is 0.238. The number of aryl methyl sites for hydroxylation is 1. The van der Waals surface area contributed by atoms with E-state index in [0.717, 1.165) is 11.1 Å². The van der Waals surface area contributed by atoms with Gasteiger partial charge in [-0.3, -0.25) is 9.79 Å². The van der Waals surface area contributed by atoms with Gasteiger partial charge in [-0.25, -0.2) is 0 Å². The fourth-order valence-electron chi connectivity index (χ4n) is 2.48. The van der Waals surface area contributed by atoms with Gasteiger partial charge in [-0.15, -0.1) is 0 Å². The minimum absolute atomic E-state index is 0.101. The number of phenolic OH excluding ortho intramolecular Hbond substituents is 1. The van der Waals surface area contributed by atoms with Crippen molar-refractivity contribution < 1.29 is 14.6 Å². The monoisotopic (exact) mass is 405 g/mol. The first kappa shape index (κ1) is 21.0. The molecule has 27 heavy (non-hydrogen) atoms. The van der Waals surface area contributed by atoms with Crippen molar-refractivity contribution in [1.29, 1.82) is 0 Å². The van der Waals surface area contributed by atoms with Gasteiger partial charge in [0.25, 0.3) is 0 Å². The minimum atomic E-state index is -0.309. The summed E-state index contributed by atoms with van der Waals surface area (Å²) in [7, 11) is 0. The Morgan fingerprint density at radius 1 is 1.19 bits per heavy atom. The van der Waals surface area contributed by atoms with Gasteiger partial charge in [0.15, 0.2) is 0 Å². The van der Waals surface area contributed by atoms with Gasteiger partial charge in [-0.1, -0.05) is 35.3 Å². The van der Waals surface area contributed by atoms with Crippen molar-refractivity contribution in [2.75, 3.05) is 6.61 Å². The van der Waals surface area contributed by atoms with Gasteiger partial charge in [-0.05, 0) is 56.2 Å². The van der Waals surface area contributed by atoms with Gasteiger partial charge in [0.1, 0.15) is 5.75 Å². The maximum atomic E-state index is 11.6. The molecule has 142 valence electrons. The maximum Gasteiger partial charge on any atom is 0.309 e. The Labute approximate surface area is 169 Å². The van der Waals surface area contributed by atoms with Gasteiger partial charge in [0.05, 0.1) is 18.7 Å². The van der Waals surface area contributed by atoms with Crippen LogP contribution in [0.4, 0.5) is 0 Å². The second-order valence-electron chi connectivity index (χ2n) is 6.06. The van der Waals surface area contributed by atoms with Crippen LogP contribution in [0.25, 0.3) is 0 Å². The summed E-state index contributed by atoms with van der Waals surface area (Å²) >= 11 is 12.2. The number of benzene rings is 2. The van der Waals surface area contributed by atoms with Crippen LogP contribution in [0.1, 0.15) is 37.0 Å². The third kappa shape index (κ3) is 5.84. The molecule has 0 unspecified atom stereocenters. The number of carbonyl (C=O) groups is 1. The molecule has 1 N–H and O–H groups in total. The molecule has 0 aliphatic carbocycles. The molecule has 0 atom stereocenters. The number of rotatable bonds is 6. The SMILES string of the molecule is CCOC(=O)CC(C)=CN=C(c1ccc(Cl)cc1)c1cc(Cl)cc(C)c1O. The highest BCUT2D eigenvalue weighted by Gasteiger charge is 2.15. The molecule has 0 fully saturated rings. The second-order valence-corrected chi connectivity index (χ2v) is 6.93. The van der Waals surface area contributed by atoms with Crippen molar-refractivity contribution in [2.45, 2.75) is 27.2 Å². The summed E-state index contributed by atoms with van der Waals surface area (Å²) in [6.07, 6.45) is 1.74. The van der Waals surface area contributed by atoms with Crippen LogP contribution in [-0.2, 0) is 9.53 Å². The zero-order valence-electron chi connectivity index (χ0n) is 15.4. The summed E-state index contributed by atoms with van der Waals surface area (Å²) in [5.74, 6) is -0.208. The van der Waals surface area contributed by atoms with Gasteiger partial charge in [-0.2, -0.15) is 0 Å². The zero-order valence-corrected chi connectivity index (χ0v) is 16.9. The Morgan fingerprint density at radius 2 is 1.85 bits per heavy atom. The van der Waals surface area contributed by atoms with Gasteiger partial charge in [0.2, 0.25) is 0 Å². The fourth-order valence-corrected chi connectivity index (χ4v) is 2.88. The van der Waals surface area contributed by atoms with Crippen molar-refractivity contribution in [2.24, 2.45) is 4.99 Å². The lowest BCUT2D eigenvalue weighted by Crippen LogP contribution is -2.05. The summed E-state index contributed by atoms with van der Waals surface area (Å²) in [5, 5.41) is 11.6. The summed E-state index contributed by atoms with van der Waals surface area (Å²) in [6.45, 7) is 5.66. The Hall–Kier alpha value is -2.30. The Kier molecular flexibility index (Phi) is 7.45. The van der Waals surface area contributed by atoms with E-state index in [1.54, 1.807) is 51.2 Å². The number of nitrogens with zero attached hydrogens (tertiary/aromatic N) is 1. The summed E-state index contributed by atoms with van der Waals surface area (Å²) in [5.41, 5.74) is 3.17. The van der Waals surface area contributed by atoms with E-state index >= 15 is 0 Å². The van der Waals surface area contributed by atoms with E-state index in [4.69, 9.17) is 27.9 Å². The molecule has 0 bridgehead atoms. The first-order valence-corrected chi connectivity index (χ1v) is 9.22. The van der Waals surface area contributed by atoms with Crippen LogP contribution in [-0.4, -0.2) is 23.4 Å².